The highest BCUT2D eigenvalue weighted by atomic mass is 35.5. The Bertz CT molecular complexity index is 780. The zero-order chi connectivity index (χ0) is 23.6. The molecular weight excluding hydrogens is 442 g/mol. The molecule has 0 spiro atoms. The van der Waals surface area contributed by atoms with E-state index in [0.717, 1.165) is 45.0 Å². The quantitative estimate of drug-likeness (QED) is 0.295. The summed E-state index contributed by atoms with van der Waals surface area (Å²) in [4.78, 5) is 14.2. The molecule has 0 amide bonds. The molecule has 0 bridgehead atoms. The van der Waals surface area contributed by atoms with Gasteiger partial charge in [-0.3, -0.25) is 9.69 Å². The minimum absolute atomic E-state index is 0.0103. The van der Waals surface area contributed by atoms with Crippen LogP contribution in [-0.4, -0.2) is 73.5 Å². The Morgan fingerprint density at radius 3 is 2.76 bits per heavy atom. The van der Waals surface area contributed by atoms with Crippen LogP contribution in [0, 0.1) is 25.7 Å². The van der Waals surface area contributed by atoms with Crippen LogP contribution < -0.4 is 4.74 Å². The van der Waals surface area contributed by atoms with Gasteiger partial charge in [0.15, 0.2) is 0 Å². The number of ether oxygens (including phenoxy) is 3. The molecule has 3 rings (SSSR count). The second-order valence-corrected chi connectivity index (χ2v) is 9.68. The number of benzene rings is 1. The van der Waals surface area contributed by atoms with Crippen LogP contribution in [-0.2, 0) is 14.3 Å². The lowest BCUT2D eigenvalue weighted by molar-refractivity contribution is -0.144. The molecule has 1 saturated carbocycles. The van der Waals surface area contributed by atoms with Gasteiger partial charge >= 0.3 is 5.97 Å². The average Bonchev–Trinajstić information content (AvgIpc) is 3.07. The van der Waals surface area contributed by atoms with E-state index in [1.807, 2.05) is 24.3 Å². The Hall–Kier alpha value is -1.60. The molecule has 1 aromatic carbocycles. The number of hydrogen-bond acceptors (Lipinski definition) is 6. The van der Waals surface area contributed by atoms with Crippen molar-refractivity contribution >= 4 is 17.6 Å². The third-order valence-electron chi connectivity index (χ3n) is 6.76. The molecule has 1 N–H and O–H groups in total. The highest BCUT2D eigenvalue weighted by Crippen LogP contribution is 2.39. The summed E-state index contributed by atoms with van der Waals surface area (Å²) in [6.45, 7) is 9.07. The summed E-state index contributed by atoms with van der Waals surface area (Å²) in [6, 6.07) is 6.05. The highest BCUT2D eigenvalue weighted by molar-refractivity contribution is 6.21. The lowest BCUT2D eigenvalue weighted by Crippen LogP contribution is -2.38. The third kappa shape index (κ3) is 8.29. The maximum atomic E-state index is 11.9. The normalized spacial score (nSPS) is 26.1. The first kappa shape index (κ1) is 26.0. The number of esters is 1. The number of carbonyl (C=O) groups excluding carboxylic acids is 1. The molecule has 33 heavy (non-hydrogen) atoms. The number of halogens is 1. The number of aliphatic hydroxyl groups excluding tert-OH is 1. The molecule has 1 heterocycles. The molecule has 1 aromatic rings. The van der Waals surface area contributed by atoms with E-state index in [1.54, 1.807) is 0 Å². The van der Waals surface area contributed by atoms with Gasteiger partial charge in [0.2, 0.25) is 0 Å². The zero-order valence-corrected chi connectivity index (χ0v) is 20.6. The molecular formula is C26H38ClNO5. The molecule has 0 unspecified atom stereocenters. The van der Waals surface area contributed by atoms with Crippen LogP contribution in [0.4, 0.5) is 0 Å². The largest absolute Gasteiger partial charge is 0.493 e. The topological polar surface area (TPSA) is 68.2 Å². The Morgan fingerprint density at radius 1 is 1.21 bits per heavy atom. The summed E-state index contributed by atoms with van der Waals surface area (Å²) >= 11 is 6.54. The van der Waals surface area contributed by atoms with Crippen molar-refractivity contribution in [3.8, 4) is 5.75 Å². The molecule has 1 aliphatic heterocycles. The van der Waals surface area contributed by atoms with Gasteiger partial charge in [0.25, 0.3) is 0 Å². The molecule has 0 aromatic heterocycles. The zero-order valence-electron chi connectivity index (χ0n) is 19.9. The fourth-order valence-corrected chi connectivity index (χ4v) is 4.92. The van der Waals surface area contributed by atoms with Crippen molar-refractivity contribution in [3.05, 3.63) is 41.5 Å². The number of nitrogens with zero attached hydrogens (tertiary/aromatic N) is 1. The number of hydrogen-bond donors (Lipinski definition) is 1. The predicted octanol–water partition coefficient (Wildman–Crippen LogP) is 3.89. The van der Waals surface area contributed by atoms with Gasteiger partial charge in [0.1, 0.15) is 12.4 Å². The van der Waals surface area contributed by atoms with Crippen molar-refractivity contribution in [1.29, 1.82) is 0 Å². The molecule has 6 nitrogen and oxygen atoms in total. The lowest BCUT2D eigenvalue weighted by Gasteiger charge is -2.26. The molecule has 1 aliphatic carbocycles. The van der Waals surface area contributed by atoms with E-state index in [1.165, 1.54) is 11.1 Å². The molecule has 184 valence electrons. The molecule has 7 heteroatoms. The van der Waals surface area contributed by atoms with Crippen LogP contribution in [0.3, 0.4) is 0 Å². The van der Waals surface area contributed by atoms with Gasteiger partial charge in [-0.2, -0.15) is 0 Å². The Kier molecular flexibility index (Phi) is 10.5. The van der Waals surface area contributed by atoms with Crippen LogP contribution >= 0.6 is 11.6 Å². The van der Waals surface area contributed by atoms with Gasteiger partial charge in [0.05, 0.1) is 25.9 Å². The van der Waals surface area contributed by atoms with E-state index in [9.17, 15) is 9.90 Å². The molecule has 2 fully saturated rings. The van der Waals surface area contributed by atoms with E-state index in [-0.39, 0.29) is 23.2 Å². The Balaban J connectivity index is 1.36. The standard InChI is InChI=1S/C26H38ClNO5/c1-19-8-9-21(16-20(19)2)33-18-23-22(24(27)17-25(23)29)6-4-3-5-7-26(30)32-15-12-28-10-13-31-14-11-28/h3-4,8-9,16,22-25,29H,5-7,10-15,17-18H2,1-2H3/b4-3-/t22-,23-,24-,25-/m1/s1. The summed E-state index contributed by atoms with van der Waals surface area (Å²) in [6.07, 6.45) is 5.98. The Labute approximate surface area is 202 Å². The fraction of sp³-hybridized carbons (Fsp3) is 0.654. The van der Waals surface area contributed by atoms with Crippen molar-refractivity contribution in [2.45, 2.75) is 51.0 Å². The maximum absolute atomic E-state index is 11.9. The summed E-state index contributed by atoms with van der Waals surface area (Å²) in [5.41, 5.74) is 2.42. The third-order valence-corrected chi connectivity index (χ3v) is 7.26. The SMILES string of the molecule is Cc1ccc(OC[C@@H]2[C@@H](C/C=C\CCC(=O)OCCN3CCOCC3)[C@H](Cl)C[C@H]2O)cc1C. The van der Waals surface area contributed by atoms with Gasteiger partial charge in [-0.1, -0.05) is 18.2 Å². The monoisotopic (exact) mass is 479 g/mol. The van der Waals surface area contributed by atoms with Crippen LogP contribution in [0.15, 0.2) is 30.4 Å². The van der Waals surface area contributed by atoms with E-state index < -0.39 is 6.10 Å². The van der Waals surface area contributed by atoms with Crippen LogP contribution in [0.2, 0.25) is 0 Å². The van der Waals surface area contributed by atoms with E-state index in [4.69, 9.17) is 25.8 Å². The second kappa shape index (κ2) is 13.3. The highest BCUT2D eigenvalue weighted by Gasteiger charge is 2.41. The minimum atomic E-state index is -0.459. The number of carbonyl (C=O) groups is 1. The second-order valence-electron chi connectivity index (χ2n) is 9.12. The van der Waals surface area contributed by atoms with E-state index in [0.29, 0.717) is 32.5 Å². The summed E-state index contributed by atoms with van der Waals surface area (Å²) < 4.78 is 16.7. The van der Waals surface area contributed by atoms with E-state index in [2.05, 4.69) is 24.8 Å². The fourth-order valence-electron chi connectivity index (χ4n) is 4.45. The number of allylic oxidation sites excluding steroid dienone is 2. The van der Waals surface area contributed by atoms with Gasteiger partial charge < -0.3 is 19.3 Å². The van der Waals surface area contributed by atoms with Gasteiger partial charge in [-0.05, 0) is 62.3 Å². The number of alkyl halides is 1. The molecule has 4 atom stereocenters. The Morgan fingerprint density at radius 2 is 2.00 bits per heavy atom. The van der Waals surface area contributed by atoms with Crippen LogP contribution in [0.1, 0.15) is 36.8 Å². The van der Waals surface area contributed by atoms with Crippen molar-refractivity contribution < 1.29 is 24.1 Å². The number of morpholine rings is 1. The first-order chi connectivity index (χ1) is 15.9. The van der Waals surface area contributed by atoms with Crippen molar-refractivity contribution in [3.63, 3.8) is 0 Å². The summed E-state index contributed by atoms with van der Waals surface area (Å²) in [7, 11) is 0. The number of aliphatic hydroxyl groups is 1. The van der Waals surface area contributed by atoms with Gasteiger partial charge in [-0.25, -0.2) is 0 Å². The van der Waals surface area contributed by atoms with E-state index >= 15 is 0 Å². The lowest BCUT2D eigenvalue weighted by atomic mass is 9.92. The minimum Gasteiger partial charge on any atom is -0.493 e. The average molecular weight is 480 g/mol. The summed E-state index contributed by atoms with van der Waals surface area (Å²) in [5, 5.41) is 10.4. The first-order valence-electron chi connectivity index (χ1n) is 12.1. The maximum Gasteiger partial charge on any atom is 0.306 e. The molecule has 0 radical (unpaired) electrons. The van der Waals surface area contributed by atoms with Crippen molar-refractivity contribution in [1.82, 2.24) is 4.90 Å². The first-order valence-corrected chi connectivity index (χ1v) is 12.5. The molecule has 2 aliphatic rings. The van der Waals surface area contributed by atoms with Gasteiger partial charge in [-0.15, -0.1) is 11.6 Å². The number of rotatable bonds is 11. The van der Waals surface area contributed by atoms with Crippen LogP contribution in [0.25, 0.3) is 0 Å². The predicted molar refractivity (Wildman–Crippen MR) is 130 cm³/mol. The molecule has 1 saturated heterocycles. The number of aryl methyl sites for hydroxylation is 2. The van der Waals surface area contributed by atoms with Gasteiger partial charge in [0, 0.05) is 37.4 Å². The van der Waals surface area contributed by atoms with Crippen molar-refractivity contribution in [2.75, 3.05) is 46.1 Å². The summed E-state index contributed by atoms with van der Waals surface area (Å²) in [5.74, 6) is 0.790. The van der Waals surface area contributed by atoms with Crippen LogP contribution in [0.5, 0.6) is 5.75 Å². The van der Waals surface area contributed by atoms with Crippen molar-refractivity contribution in [2.24, 2.45) is 11.8 Å². The smallest absolute Gasteiger partial charge is 0.306 e.